The summed E-state index contributed by atoms with van der Waals surface area (Å²) >= 11 is 0. The lowest BCUT2D eigenvalue weighted by Gasteiger charge is -2.61. The number of nitrogens with two attached hydrogens (primary N) is 2. The lowest BCUT2D eigenvalue weighted by atomic mass is 9.44. The van der Waals surface area contributed by atoms with Gasteiger partial charge in [-0.1, -0.05) is 34.1 Å². The van der Waals surface area contributed by atoms with Gasteiger partial charge in [0.2, 0.25) is 0 Å². The van der Waals surface area contributed by atoms with Crippen LogP contribution in [0.5, 0.6) is 0 Å². The number of ketones is 2. The molecule has 4 fully saturated rings. The van der Waals surface area contributed by atoms with Crippen LogP contribution >= 0.6 is 0 Å². The van der Waals surface area contributed by atoms with Crippen LogP contribution in [0.2, 0.25) is 0 Å². The number of Topliss-reactive ketones (excluding diaryl/α,β-unsaturated/α-hetero) is 2. The average molecular weight is 572 g/mol. The molecule has 7 heteroatoms. The summed E-state index contributed by atoms with van der Waals surface area (Å²) in [5, 5.41) is 7.33. The minimum atomic E-state index is -0.593. The molecule has 0 aromatic carbocycles. The number of unbranched alkanes of at least 4 members (excludes halogenated alkanes) is 1. The van der Waals surface area contributed by atoms with E-state index in [2.05, 4.69) is 13.8 Å². The molecule has 0 unspecified atom stereocenters. The fourth-order valence-corrected chi connectivity index (χ4v) is 10.0. The number of hydrogen-bond donors (Lipinski definition) is 3. The van der Waals surface area contributed by atoms with E-state index in [4.69, 9.17) is 21.6 Å². The zero-order chi connectivity index (χ0) is 30.1. The fourth-order valence-electron chi connectivity index (χ4n) is 10.0. The van der Waals surface area contributed by atoms with Crippen LogP contribution < -0.4 is 11.5 Å². The van der Waals surface area contributed by atoms with Crippen molar-refractivity contribution in [3.63, 3.8) is 0 Å². The summed E-state index contributed by atoms with van der Waals surface area (Å²) in [7, 11) is 0. The minimum Gasteiger partial charge on any atom is -0.462 e. The standard InChI is InChI=1S/C34H57N3O4/c1-20(2)25(19-30(39)29(35)8-6-7-9-31(36)37)32(40)41-23-14-16-33(4)22(18-23)10-11-24-27-13-12-26(21(3)38)34(27,5)17-15-28(24)33/h20,22-29H,6-19,35H2,1-5H3,(H3,36,37)/t22-,23+,24-,25-,26+,27-,28-,29-,33-,34+/m0/s1. The van der Waals surface area contributed by atoms with E-state index in [-0.39, 0.29) is 52.8 Å². The van der Waals surface area contributed by atoms with Gasteiger partial charge in [-0.15, -0.1) is 0 Å². The molecular formula is C34H57N3O4. The number of esters is 1. The van der Waals surface area contributed by atoms with Crippen LogP contribution in [0.1, 0.15) is 125 Å². The average Bonchev–Trinajstić information content (AvgIpc) is 3.26. The van der Waals surface area contributed by atoms with Gasteiger partial charge >= 0.3 is 5.97 Å². The van der Waals surface area contributed by atoms with Gasteiger partial charge in [0.05, 0.1) is 17.8 Å². The molecule has 5 N–H and O–H groups in total. The normalized spacial score (nSPS) is 37.8. The summed E-state index contributed by atoms with van der Waals surface area (Å²) in [6.07, 6.45) is 12.6. The Bertz CT molecular complexity index is 996. The van der Waals surface area contributed by atoms with Crippen molar-refractivity contribution >= 4 is 23.4 Å². The molecule has 10 atom stereocenters. The Morgan fingerprint density at radius 2 is 1.63 bits per heavy atom. The molecule has 0 radical (unpaired) electrons. The first-order chi connectivity index (χ1) is 19.3. The number of carbonyl (C=O) groups excluding carboxylic acids is 3. The van der Waals surface area contributed by atoms with Gasteiger partial charge < -0.3 is 16.2 Å². The van der Waals surface area contributed by atoms with E-state index in [1.54, 1.807) is 6.92 Å². The molecule has 4 saturated carbocycles. The number of amidine groups is 1. The first-order valence-electron chi connectivity index (χ1n) is 16.6. The van der Waals surface area contributed by atoms with Gasteiger partial charge in [0.25, 0.3) is 0 Å². The van der Waals surface area contributed by atoms with E-state index in [9.17, 15) is 14.4 Å². The minimum absolute atomic E-state index is 0.00227. The summed E-state index contributed by atoms with van der Waals surface area (Å²) in [5.41, 5.74) is 12.0. The van der Waals surface area contributed by atoms with Crippen LogP contribution in [0.4, 0.5) is 0 Å². The van der Waals surface area contributed by atoms with Crippen molar-refractivity contribution in [1.29, 1.82) is 5.41 Å². The van der Waals surface area contributed by atoms with Crippen molar-refractivity contribution in [3.8, 4) is 0 Å². The molecule has 7 nitrogen and oxygen atoms in total. The van der Waals surface area contributed by atoms with Crippen LogP contribution in [0.25, 0.3) is 0 Å². The van der Waals surface area contributed by atoms with E-state index in [0.717, 1.165) is 44.4 Å². The Kier molecular flexibility index (Phi) is 10.1. The van der Waals surface area contributed by atoms with Crippen LogP contribution in [-0.4, -0.2) is 35.5 Å². The SMILES string of the molecule is CC(=O)[C@H]1CC[C@H]2[C@@H]3CC[C@H]4C[C@H](OC(=O)[C@@H](CC(=O)[C@@H](N)CCCCC(=N)N)C(C)C)CC[C@]4(C)[C@H]3CC[C@]12C. The smallest absolute Gasteiger partial charge is 0.309 e. The number of ether oxygens (including phenoxy) is 1. The second-order valence-electron chi connectivity index (χ2n) is 15.2. The van der Waals surface area contributed by atoms with E-state index >= 15 is 0 Å². The molecule has 0 saturated heterocycles. The number of nitrogens with one attached hydrogen (secondary N) is 1. The molecule has 4 aliphatic carbocycles. The van der Waals surface area contributed by atoms with Gasteiger partial charge in [0.15, 0.2) is 0 Å². The summed E-state index contributed by atoms with van der Waals surface area (Å²) in [6, 6.07) is -0.593. The molecule has 0 amide bonds. The highest BCUT2D eigenvalue weighted by atomic mass is 16.5. The topological polar surface area (TPSA) is 136 Å². The van der Waals surface area contributed by atoms with Crippen molar-refractivity contribution in [3.05, 3.63) is 0 Å². The third-order valence-electron chi connectivity index (χ3n) is 12.5. The predicted octanol–water partition coefficient (Wildman–Crippen LogP) is 6.20. The second-order valence-corrected chi connectivity index (χ2v) is 15.2. The van der Waals surface area contributed by atoms with E-state index in [1.807, 2.05) is 13.8 Å². The van der Waals surface area contributed by atoms with E-state index < -0.39 is 12.0 Å². The lowest BCUT2D eigenvalue weighted by molar-refractivity contribution is -0.169. The third-order valence-corrected chi connectivity index (χ3v) is 12.5. The molecule has 0 aliphatic heterocycles. The van der Waals surface area contributed by atoms with Crippen molar-refractivity contribution in [2.75, 3.05) is 0 Å². The Morgan fingerprint density at radius 3 is 2.29 bits per heavy atom. The van der Waals surface area contributed by atoms with Gasteiger partial charge in [0, 0.05) is 18.8 Å². The van der Waals surface area contributed by atoms with Crippen molar-refractivity contribution in [2.45, 2.75) is 137 Å². The third kappa shape index (κ3) is 6.60. The summed E-state index contributed by atoms with van der Waals surface area (Å²) in [4.78, 5) is 38.7. The largest absolute Gasteiger partial charge is 0.462 e. The molecular weight excluding hydrogens is 514 g/mol. The van der Waals surface area contributed by atoms with Gasteiger partial charge in [-0.25, -0.2) is 0 Å². The van der Waals surface area contributed by atoms with Crippen LogP contribution in [0, 0.1) is 57.7 Å². The molecule has 0 aromatic heterocycles. The Hall–Kier alpha value is -1.76. The van der Waals surface area contributed by atoms with Gasteiger partial charge in [-0.05, 0) is 118 Å². The molecule has 0 spiro atoms. The quantitative estimate of drug-likeness (QED) is 0.110. The highest BCUT2D eigenvalue weighted by molar-refractivity contribution is 5.88. The van der Waals surface area contributed by atoms with E-state index in [0.29, 0.717) is 36.4 Å². The van der Waals surface area contributed by atoms with Crippen LogP contribution in [-0.2, 0) is 19.1 Å². The molecule has 4 aliphatic rings. The lowest BCUT2D eigenvalue weighted by Crippen LogP contribution is -2.54. The van der Waals surface area contributed by atoms with Gasteiger partial charge in [-0.3, -0.25) is 19.8 Å². The Balaban J connectivity index is 1.32. The molecule has 0 heterocycles. The molecule has 0 bridgehead atoms. The number of hydrogen-bond acceptors (Lipinski definition) is 6. The number of carbonyl (C=O) groups is 3. The maximum absolute atomic E-state index is 13.4. The zero-order valence-electron chi connectivity index (χ0n) is 26.4. The fraction of sp³-hybridized carbons (Fsp3) is 0.882. The number of fused-ring (bicyclic) bond motifs is 5. The zero-order valence-corrected chi connectivity index (χ0v) is 26.4. The van der Waals surface area contributed by atoms with E-state index in [1.165, 1.54) is 32.1 Å². The van der Waals surface area contributed by atoms with Crippen molar-refractivity contribution < 1.29 is 19.1 Å². The maximum atomic E-state index is 13.4. The highest BCUT2D eigenvalue weighted by Crippen LogP contribution is 2.67. The Labute approximate surface area is 248 Å². The Morgan fingerprint density at radius 1 is 0.951 bits per heavy atom. The highest BCUT2D eigenvalue weighted by Gasteiger charge is 2.61. The summed E-state index contributed by atoms with van der Waals surface area (Å²) in [6.45, 7) is 10.7. The summed E-state index contributed by atoms with van der Waals surface area (Å²) in [5.74, 6) is 2.67. The molecule has 4 rings (SSSR count). The second kappa shape index (κ2) is 12.9. The van der Waals surface area contributed by atoms with Gasteiger partial charge in [0.1, 0.15) is 17.7 Å². The van der Waals surface area contributed by atoms with Crippen LogP contribution in [0.3, 0.4) is 0 Å². The maximum Gasteiger partial charge on any atom is 0.309 e. The van der Waals surface area contributed by atoms with Gasteiger partial charge in [-0.2, -0.15) is 0 Å². The molecule has 0 aromatic rings. The van der Waals surface area contributed by atoms with Crippen molar-refractivity contribution in [1.82, 2.24) is 0 Å². The molecule has 232 valence electrons. The predicted molar refractivity (Wildman–Crippen MR) is 162 cm³/mol. The van der Waals surface area contributed by atoms with Crippen LogP contribution in [0.15, 0.2) is 0 Å². The first-order valence-corrected chi connectivity index (χ1v) is 16.6. The number of rotatable bonds is 12. The molecule has 41 heavy (non-hydrogen) atoms. The monoisotopic (exact) mass is 571 g/mol. The first kappa shape index (κ1) is 32.2. The van der Waals surface area contributed by atoms with Crippen molar-refractivity contribution in [2.24, 2.45) is 63.7 Å². The summed E-state index contributed by atoms with van der Waals surface area (Å²) < 4.78 is 6.17.